The Balaban J connectivity index is 2.19. The van der Waals surface area contributed by atoms with Crippen molar-refractivity contribution in [1.29, 1.82) is 0 Å². The summed E-state index contributed by atoms with van der Waals surface area (Å²) in [7, 11) is 1.44. The lowest BCUT2D eigenvalue weighted by Crippen LogP contribution is -2.53. The molecule has 1 saturated heterocycles. The van der Waals surface area contributed by atoms with Crippen LogP contribution in [-0.4, -0.2) is 25.7 Å². The Kier molecular flexibility index (Phi) is 3.14. The average Bonchev–Trinajstić information content (AvgIpc) is 2.19. The van der Waals surface area contributed by atoms with Gasteiger partial charge in [-0.3, -0.25) is 0 Å². The van der Waals surface area contributed by atoms with Crippen molar-refractivity contribution >= 4 is 34.2 Å². The van der Waals surface area contributed by atoms with Gasteiger partial charge in [-0.1, -0.05) is 12.1 Å². The number of para-hydroxylation sites is 1. The Hall–Kier alpha value is -0.780. The first-order chi connectivity index (χ1) is 7.24. The largest absolute Gasteiger partial charge is 0.467 e. The molecule has 1 aliphatic heterocycles. The molecule has 0 bridgehead atoms. The monoisotopic (exact) mass is 317 g/mol. The van der Waals surface area contributed by atoms with Crippen LogP contribution in [0.25, 0.3) is 0 Å². The minimum Gasteiger partial charge on any atom is -0.467 e. The van der Waals surface area contributed by atoms with E-state index in [1.54, 1.807) is 0 Å². The van der Waals surface area contributed by atoms with E-state index in [-0.39, 0.29) is 12.0 Å². The van der Waals surface area contributed by atoms with Gasteiger partial charge >= 0.3 is 5.97 Å². The van der Waals surface area contributed by atoms with Crippen LogP contribution in [0.3, 0.4) is 0 Å². The highest BCUT2D eigenvalue weighted by Gasteiger charge is 2.35. The number of ether oxygens (including phenoxy) is 1. The number of methoxy groups -OCH3 is 1. The number of benzene rings is 1. The number of esters is 1. The van der Waals surface area contributed by atoms with Crippen LogP contribution >= 0.6 is 22.6 Å². The average molecular weight is 317 g/mol. The molecule has 0 saturated carbocycles. The Bertz CT molecular complexity index is 381. The molecule has 0 radical (unpaired) electrons. The van der Waals surface area contributed by atoms with Gasteiger partial charge in [0.25, 0.3) is 0 Å². The summed E-state index contributed by atoms with van der Waals surface area (Å²) in [5.74, 6) is -0.138. The minimum atomic E-state index is -0.138. The van der Waals surface area contributed by atoms with Gasteiger partial charge < -0.3 is 9.64 Å². The molecular weight excluding hydrogens is 305 g/mol. The smallest absolute Gasteiger partial charge is 0.328 e. The topological polar surface area (TPSA) is 29.5 Å². The molecule has 1 aromatic rings. The van der Waals surface area contributed by atoms with Gasteiger partial charge in [0.1, 0.15) is 6.04 Å². The Morgan fingerprint density at radius 2 is 2.27 bits per heavy atom. The fourth-order valence-corrected chi connectivity index (χ4v) is 2.44. The first-order valence-corrected chi connectivity index (χ1v) is 5.91. The van der Waals surface area contributed by atoms with Crippen molar-refractivity contribution in [2.45, 2.75) is 12.5 Å². The Morgan fingerprint density at radius 3 is 2.80 bits per heavy atom. The molecule has 1 aromatic carbocycles. The number of rotatable bonds is 2. The summed E-state index contributed by atoms with van der Waals surface area (Å²) in [4.78, 5) is 13.5. The van der Waals surface area contributed by atoms with Crippen LogP contribution < -0.4 is 4.90 Å². The molecule has 0 spiro atoms. The SMILES string of the molecule is COC(=O)C1CCN1c1ccccc1I. The summed E-state index contributed by atoms with van der Waals surface area (Å²) in [6.45, 7) is 0.930. The van der Waals surface area contributed by atoms with Crippen molar-refractivity contribution in [1.82, 2.24) is 0 Å². The number of carbonyl (C=O) groups is 1. The molecule has 1 heterocycles. The second-order valence-corrected chi connectivity index (χ2v) is 4.63. The van der Waals surface area contributed by atoms with E-state index in [0.717, 1.165) is 18.7 Å². The van der Waals surface area contributed by atoms with Gasteiger partial charge in [-0.05, 0) is 41.1 Å². The van der Waals surface area contributed by atoms with Crippen molar-refractivity contribution in [3.05, 3.63) is 27.8 Å². The third-order valence-electron chi connectivity index (χ3n) is 2.65. The third-order valence-corrected chi connectivity index (χ3v) is 3.57. The molecule has 0 aromatic heterocycles. The summed E-state index contributed by atoms with van der Waals surface area (Å²) in [6.07, 6.45) is 0.887. The summed E-state index contributed by atoms with van der Waals surface area (Å²) >= 11 is 2.28. The minimum absolute atomic E-state index is 0.0917. The maximum atomic E-state index is 11.4. The zero-order valence-electron chi connectivity index (χ0n) is 8.44. The van der Waals surface area contributed by atoms with Crippen LogP contribution in [0.2, 0.25) is 0 Å². The zero-order chi connectivity index (χ0) is 10.8. The van der Waals surface area contributed by atoms with E-state index in [4.69, 9.17) is 4.74 Å². The number of hydrogen-bond donors (Lipinski definition) is 0. The molecule has 0 N–H and O–H groups in total. The van der Waals surface area contributed by atoms with Gasteiger partial charge in [-0.2, -0.15) is 0 Å². The fraction of sp³-hybridized carbons (Fsp3) is 0.364. The van der Waals surface area contributed by atoms with Gasteiger partial charge in [0, 0.05) is 10.1 Å². The number of hydrogen-bond acceptors (Lipinski definition) is 3. The molecule has 15 heavy (non-hydrogen) atoms. The Labute approximate surface area is 103 Å². The summed E-state index contributed by atoms with van der Waals surface area (Å²) in [5.41, 5.74) is 1.12. The van der Waals surface area contributed by atoms with E-state index in [1.807, 2.05) is 24.3 Å². The van der Waals surface area contributed by atoms with E-state index in [1.165, 1.54) is 10.7 Å². The summed E-state index contributed by atoms with van der Waals surface area (Å²) < 4.78 is 5.93. The summed E-state index contributed by atoms with van der Waals surface area (Å²) in [5, 5.41) is 0. The van der Waals surface area contributed by atoms with Crippen LogP contribution in [0.15, 0.2) is 24.3 Å². The molecule has 0 amide bonds. The molecular formula is C11H12INO2. The molecule has 1 fully saturated rings. The first-order valence-electron chi connectivity index (χ1n) is 4.83. The number of anilines is 1. The fourth-order valence-electron chi connectivity index (χ4n) is 1.74. The second-order valence-electron chi connectivity index (χ2n) is 3.47. The highest BCUT2D eigenvalue weighted by atomic mass is 127. The molecule has 80 valence electrons. The molecule has 3 nitrogen and oxygen atoms in total. The van der Waals surface area contributed by atoms with Gasteiger partial charge in [0.15, 0.2) is 0 Å². The van der Waals surface area contributed by atoms with Crippen LogP contribution in [0, 0.1) is 3.57 Å². The van der Waals surface area contributed by atoms with Gasteiger partial charge in [-0.15, -0.1) is 0 Å². The van der Waals surface area contributed by atoms with Crippen molar-refractivity contribution in [2.24, 2.45) is 0 Å². The first kappa shape index (κ1) is 10.7. The second kappa shape index (κ2) is 4.38. The number of carbonyl (C=O) groups excluding carboxylic acids is 1. The van der Waals surface area contributed by atoms with Gasteiger partial charge in [-0.25, -0.2) is 4.79 Å². The molecule has 2 rings (SSSR count). The lowest BCUT2D eigenvalue weighted by Gasteiger charge is -2.41. The molecule has 0 aliphatic carbocycles. The van der Waals surface area contributed by atoms with E-state index >= 15 is 0 Å². The lowest BCUT2D eigenvalue weighted by atomic mass is 10.0. The molecule has 4 heteroatoms. The Morgan fingerprint density at radius 1 is 1.53 bits per heavy atom. The predicted molar refractivity (Wildman–Crippen MR) is 66.9 cm³/mol. The molecule has 1 aliphatic rings. The van der Waals surface area contributed by atoms with Crippen molar-refractivity contribution < 1.29 is 9.53 Å². The zero-order valence-corrected chi connectivity index (χ0v) is 10.6. The van der Waals surface area contributed by atoms with Gasteiger partial charge in [0.2, 0.25) is 0 Å². The van der Waals surface area contributed by atoms with E-state index in [9.17, 15) is 4.79 Å². The van der Waals surface area contributed by atoms with E-state index < -0.39 is 0 Å². The maximum absolute atomic E-state index is 11.4. The third kappa shape index (κ3) is 1.95. The van der Waals surface area contributed by atoms with Crippen molar-refractivity contribution in [3.63, 3.8) is 0 Å². The van der Waals surface area contributed by atoms with Gasteiger partial charge in [0.05, 0.1) is 12.8 Å². The summed E-state index contributed by atoms with van der Waals surface area (Å²) in [6, 6.07) is 7.98. The predicted octanol–water partition coefficient (Wildman–Crippen LogP) is 2.04. The normalized spacial score (nSPS) is 19.6. The highest BCUT2D eigenvalue weighted by Crippen LogP contribution is 2.30. The van der Waals surface area contributed by atoms with Crippen LogP contribution in [-0.2, 0) is 9.53 Å². The van der Waals surface area contributed by atoms with Crippen molar-refractivity contribution in [2.75, 3.05) is 18.6 Å². The number of nitrogens with zero attached hydrogens (tertiary/aromatic N) is 1. The van der Waals surface area contributed by atoms with Crippen LogP contribution in [0.5, 0.6) is 0 Å². The standard InChI is InChI=1S/C11H12INO2/c1-15-11(14)10-6-7-13(10)9-5-3-2-4-8(9)12/h2-5,10H,6-7H2,1H3. The molecule has 1 unspecified atom stereocenters. The van der Waals surface area contributed by atoms with Crippen molar-refractivity contribution in [3.8, 4) is 0 Å². The lowest BCUT2D eigenvalue weighted by molar-refractivity contribution is -0.143. The van der Waals surface area contributed by atoms with Crippen LogP contribution in [0.1, 0.15) is 6.42 Å². The molecule has 1 atom stereocenters. The van der Waals surface area contributed by atoms with E-state index in [0.29, 0.717) is 0 Å². The highest BCUT2D eigenvalue weighted by molar-refractivity contribution is 14.1. The number of halogens is 1. The van der Waals surface area contributed by atoms with E-state index in [2.05, 4.69) is 27.5 Å². The maximum Gasteiger partial charge on any atom is 0.328 e. The van der Waals surface area contributed by atoms with Crippen LogP contribution in [0.4, 0.5) is 5.69 Å². The quantitative estimate of drug-likeness (QED) is 0.618.